The molecule has 1 fully saturated rings. The lowest BCUT2D eigenvalue weighted by molar-refractivity contribution is -0.132. The summed E-state index contributed by atoms with van der Waals surface area (Å²) in [6.07, 6.45) is 6.12. The third-order valence-corrected chi connectivity index (χ3v) is 5.38. The van der Waals surface area contributed by atoms with Gasteiger partial charge in [-0.1, -0.05) is 18.2 Å². The average Bonchev–Trinajstić information content (AvgIpc) is 2.75. The Morgan fingerprint density at radius 2 is 1.96 bits per heavy atom. The van der Waals surface area contributed by atoms with Crippen LogP contribution in [0.1, 0.15) is 12.0 Å². The van der Waals surface area contributed by atoms with E-state index in [1.807, 2.05) is 23.1 Å². The topological polar surface area (TPSA) is 52.6 Å². The van der Waals surface area contributed by atoms with Gasteiger partial charge in [-0.05, 0) is 35.8 Å². The molecule has 0 radical (unpaired) electrons. The maximum atomic E-state index is 13.4. The van der Waals surface area contributed by atoms with E-state index in [1.54, 1.807) is 24.7 Å². The molecule has 1 amide bonds. The van der Waals surface area contributed by atoms with Crippen molar-refractivity contribution in [1.82, 2.24) is 19.8 Å². The van der Waals surface area contributed by atoms with Crippen molar-refractivity contribution < 1.29 is 9.18 Å². The normalized spacial score (nSPS) is 18.1. The molecule has 146 valence electrons. The number of hydrogen-bond donors (Lipinski definition) is 0. The van der Waals surface area contributed by atoms with Gasteiger partial charge in [0.2, 0.25) is 5.91 Å². The molecule has 28 heavy (non-hydrogen) atoms. The molecule has 1 saturated heterocycles. The molecule has 0 aliphatic carbocycles. The Kier molecular flexibility index (Phi) is 5.62. The van der Waals surface area contributed by atoms with Crippen LogP contribution in [-0.4, -0.2) is 71.5 Å². The third kappa shape index (κ3) is 4.36. The molecule has 0 saturated carbocycles. The number of carbonyl (C=O) groups excluding carboxylic acids is 1. The Morgan fingerprint density at radius 1 is 1.11 bits per heavy atom. The molecule has 4 rings (SSSR count). The Balaban J connectivity index is 1.27. The van der Waals surface area contributed by atoms with E-state index in [4.69, 9.17) is 0 Å². The van der Waals surface area contributed by atoms with Crippen molar-refractivity contribution in [2.75, 3.05) is 50.7 Å². The molecule has 1 aromatic carbocycles. The summed E-state index contributed by atoms with van der Waals surface area (Å²) in [7, 11) is 0. The van der Waals surface area contributed by atoms with Crippen LogP contribution in [-0.2, 0) is 4.79 Å². The van der Waals surface area contributed by atoms with Gasteiger partial charge in [0.05, 0.1) is 6.54 Å². The standard InChI is InChI=1S/C21H24FN5O/c22-19-3-1-2-18(14-19)17-5-8-27(9-6-17)21(28)15-25-10-12-26(13-11-25)20-4-7-23-16-24-20/h1-5,7,14,16H,6,8-13,15H2. The molecule has 0 bridgehead atoms. The minimum Gasteiger partial charge on any atom is -0.354 e. The van der Waals surface area contributed by atoms with Crippen molar-refractivity contribution >= 4 is 17.3 Å². The Morgan fingerprint density at radius 3 is 2.64 bits per heavy atom. The number of aromatic nitrogens is 2. The van der Waals surface area contributed by atoms with E-state index >= 15 is 0 Å². The van der Waals surface area contributed by atoms with Gasteiger partial charge in [-0.3, -0.25) is 9.69 Å². The van der Waals surface area contributed by atoms with Gasteiger partial charge in [0.1, 0.15) is 18.0 Å². The zero-order chi connectivity index (χ0) is 19.3. The van der Waals surface area contributed by atoms with Crippen LogP contribution < -0.4 is 4.90 Å². The van der Waals surface area contributed by atoms with Gasteiger partial charge < -0.3 is 9.80 Å². The molecule has 2 aromatic rings. The number of carbonyl (C=O) groups is 1. The maximum absolute atomic E-state index is 13.4. The molecule has 1 aromatic heterocycles. The highest BCUT2D eigenvalue weighted by atomic mass is 19.1. The van der Waals surface area contributed by atoms with Crippen molar-refractivity contribution in [3.05, 3.63) is 60.3 Å². The van der Waals surface area contributed by atoms with E-state index in [-0.39, 0.29) is 11.7 Å². The number of piperazine rings is 1. The van der Waals surface area contributed by atoms with Gasteiger partial charge in [0, 0.05) is 45.5 Å². The summed E-state index contributed by atoms with van der Waals surface area (Å²) < 4.78 is 13.4. The lowest BCUT2D eigenvalue weighted by Gasteiger charge is -2.36. The minimum atomic E-state index is -0.224. The number of rotatable bonds is 4. The van der Waals surface area contributed by atoms with Gasteiger partial charge in [-0.15, -0.1) is 0 Å². The zero-order valence-electron chi connectivity index (χ0n) is 15.8. The lowest BCUT2D eigenvalue weighted by atomic mass is 9.99. The van der Waals surface area contributed by atoms with E-state index in [9.17, 15) is 9.18 Å². The fraction of sp³-hybridized carbons (Fsp3) is 0.381. The van der Waals surface area contributed by atoms with Crippen LogP contribution >= 0.6 is 0 Å². The summed E-state index contributed by atoms with van der Waals surface area (Å²) in [6, 6.07) is 8.57. The number of halogens is 1. The predicted octanol–water partition coefficient (Wildman–Crippen LogP) is 2.05. The van der Waals surface area contributed by atoms with Gasteiger partial charge in [-0.25, -0.2) is 14.4 Å². The van der Waals surface area contributed by atoms with Crippen LogP contribution in [0.4, 0.5) is 10.2 Å². The van der Waals surface area contributed by atoms with Gasteiger partial charge in [-0.2, -0.15) is 0 Å². The lowest BCUT2D eigenvalue weighted by Crippen LogP contribution is -2.50. The van der Waals surface area contributed by atoms with Crippen LogP contribution in [0.25, 0.3) is 5.57 Å². The van der Waals surface area contributed by atoms with Crippen molar-refractivity contribution in [3.8, 4) is 0 Å². The Hall–Kier alpha value is -2.80. The summed E-state index contributed by atoms with van der Waals surface area (Å²) in [5, 5.41) is 0. The SMILES string of the molecule is O=C(CN1CCN(c2ccncn2)CC1)N1CC=C(c2cccc(F)c2)CC1. The fourth-order valence-corrected chi connectivity index (χ4v) is 3.74. The van der Waals surface area contributed by atoms with Crippen molar-refractivity contribution in [2.45, 2.75) is 6.42 Å². The van der Waals surface area contributed by atoms with E-state index in [2.05, 4.69) is 19.8 Å². The molecule has 3 heterocycles. The summed E-state index contributed by atoms with van der Waals surface area (Å²) in [4.78, 5) is 27.2. The van der Waals surface area contributed by atoms with Crippen molar-refractivity contribution in [1.29, 1.82) is 0 Å². The molecule has 0 atom stereocenters. The van der Waals surface area contributed by atoms with Crippen LogP contribution in [0.15, 0.2) is 48.9 Å². The highest BCUT2D eigenvalue weighted by Crippen LogP contribution is 2.23. The Labute approximate surface area is 164 Å². The van der Waals surface area contributed by atoms with Gasteiger partial charge in [0.15, 0.2) is 0 Å². The molecular weight excluding hydrogens is 357 g/mol. The molecule has 6 nitrogen and oxygen atoms in total. The first kappa shape index (κ1) is 18.6. The Bertz CT molecular complexity index is 849. The highest BCUT2D eigenvalue weighted by Gasteiger charge is 2.23. The quantitative estimate of drug-likeness (QED) is 0.811. The summed E-state index contributed by atoms with van der Waals surface area (Å²) >= 11 is 0. The molecule has 0 spiro atoms. The number of nitrogens with zero attached hydrogens (tertiary/aromatic N) is 5. The molecule has 0 N–H and O–H groups in total. The van der Waals surface area contributed by atoms with Crippen molar-refractivity contribution in [2.24, 2.45) is 0 Å². The van der Waals surface area contributed by atoms with Crippen LogP contribution in [0.3, 0.4) is 0 Å². The second-order valence-corrected chi connectivity index (χ2v) is 7.16. The van der Waals surface area contributed by atoms with Crippen LogP contribution in [0.2, 0.25) is 0 Å². The number of anilines is 1. The molecule has 0 unspecified atom stereocenters. The average molecular weight is 381 g/mol. The molecule has 2 aliphatic rings. The van der Waals surface area contributed by atoms with Crippen LogP contribution in [0.5, 0.6) is 0 Å². The highest BCUT2D eigenvalue weighted by molar-refractivity contribution is 5.80. The fourth-order valence-electron chi connectivity index (χ4n) is 3.74. The largest absolute Gasteiger partial charge is 0.354 e. The summed E-state index contributed by atoms with van der Waals surface area (Å²) in [5.74, 6) is 0.870. The summed E-state index contributed by atoms with van der Waals surface area (Å²) in [5.41, 5.74) is 2.02. The van der Waals surface area contributed by atoms with E-state index < -0.39 is 0 Å². The van der Waals surface area contributed by atoms with E-state index in [0.29, 0.717) is 19.6 Å². The second-order valence-electron chi connectivity index (χ2n) is 7.16. The van der Waals surface area contributed by atoms with Crippen molar-refractivity contribution in [3.63, 3.8) is 0 Å². The number of hydrogen-bond acceptors (Lipinski definition) is 5. The minimum absolute atomic E-state index is 0.157. The summed E-state index contributed by atoms with van der Waals surface area (Å²) in [6.45, 7) is 5.11. The maximum Gasteiger partial charge on any atom is 0.237 e. The first-order valence-corrected chi connectivity index (χ1v) is 9.65. The van der Waals surface area contributed by atoms with Gasteiger partial charge >= 0.3 is 0 Å². The molecular formula is C21H24FN5O. The molecule has 7 heteroatoms. The monoisotopic (exact) mass is 381 g/mol. The first-order valence-electron chi connectivity index (χ1n) is 9.65. The zero-order valence-corrected chi connectivity index (χ0v) is 15.8. The predicted molar refractivity (Wildman–Crippen MR) is 106 cm³/mol. The van der Waals surface area contributed by atoms with E-state index in [1.165, 1.54) is 6.07 Å². The number of benzene rings is 1. The second kappa shape index (κ2) is 8.48. The van der Waals surface area contributed by atoms with E-state index in [0.717, 1.165) is 49.6 Å². The number of amides is 1. The first-order chi connectivity index (χ1) is 13.7. The molecule has 2 aliphatic heterocycles. The van der Waals surface area contributed by atoms with Crippen LogP contribution in [0, 0.1) is 5.82 Å². The smallest absolute Gasteiger partial charge is 0.237 e. The van der Waals surface area contributed by atoms with Gasteiger partial charge in [0.25, 0.3) is 0 Å². The third-order valence-electron chi connectivity index (χ3n) is 5.38.